The van der Waals surface area contributed by atoms with Crippen LogP contribution in [0.5, 0.6) is 0 Å². The Balaban J connectivity index is 2.63. The summed E-state index contributed by atoms with van der Waals surface area (Å²) in [6.07, 6.45) is -3.21. The molecule has 1 unspecified atom stereocenters. The van der Waals surface area contributed by atoms with Gasteiger partial charge < -0.3 is 5.32 Å². The molecule has 17 heavy (non-hydrogen) atoms. The highest BCUT2D eigenvalue weighted by atomic mass is 32.2. The minimum atomic E-state index is -4.54. The summed E-state index contributed by atoms with van der Waals surface area (Å²) in [6.45, 7) is -0.829. The summed E-state index contributed by atoms with van der Waals surface area (Å²) in [6, 6.07) is -0.272. The SMILES string of the molecule is CNCC1CCCN1S(=O)(=O)NCC(F)(F)F. The van der Waals surface area contributed by atoms with E-state index in [1.54, 1.807) is 11.8 Å². The molecule has 5 nitrogen and oxygen atoms in total. The maximum atomic E-state index is 12.0. The molecule has 102 valence electrons. The van der Waals surface area contributed by atoms with Crippen molar-refractivity contribution in [3.8, 4) is 0 Å². The summed E-state index contributed by atoms with van der Waals surface area (Å²) >= 11 is 0. The van der Waals surface area contributed by atoms with Crippen LogP contribution in [-0.2, 0) is 10.2 Å². The third-order valence-electron chi connectivity index (χ3n) is 2.53. The van der Waals surface area contributed by atoms with E-state index in [9.17, 15) is 21.6 Å². The normalized spacial score (nSPS) is 23.2. The lowest BCUT2D eigenvalue weighted by Gasteiger charge is -2.24. The molecule has 0 radical (unpaired) electrons. The standard InChI is InChI=1S/C8H16F3N3O2S/c1-12-5-7-3-2-4-14(7)17(15,16)13-6-8(9,10)11/h7,12-13H,2-6H2,1H3. The van der Waals surface area contributed by atoms with E-state index in [2.05, 4.69) is 5.32 Å². The zero-order valence-electron chi connectivity index (χ0n) is 9.42. The van der Waals surface area contributed by atoms with E-state index in [0.29, 0.717) is 19.4 Å². The molecular formula is C8H16F3N3O2S. The Morgan fingerprint density at radius 2 is 2.06 bits per heavy atom. The third-order valence-corrected chi connectivity index (χ3v) is 4.13. The van der Waals surface area contributed by atoms with Gasteiger partial charge in [0.25, 0.3) is 10.2 Å². The highest BCUT2D eigenvalue weighted by molar-refractivity contribution is 7.87. The van der Waals surface area contributed by atoms with Gasteiger partial charge in [-0.2, -0.15) is 30.6 Å². The summed E-state index contributed by atoms with van der Waals surface area (Å²) in [5.41, 5.74) is 0. The molecule has 0 aromatic carbocycles. The molecule has 1 fully saturated rings. The van der Waals surface area contributed by atoms with Crippen molar-refractivity contribution in [3.63, 3.8) is 0 Å². The summed E-state index contributed by atoms with van der Waals surface area (Å²) in [5, 5.41) is 2.83. The van der Waals surface area contributed by atoms with Crippen LogP contribution in [0.3, 0.4) is 0 Å². The van der Waals surface area contributed by atoms with E-state index < -0.39 is 22.9 Å². The molecule has 0 aromatic heterocycles. The van der Waals surface area contributed by atoms with Gasteiger partial charge >= 0.3 is 6.18 Å². The lowest BCUT2D eigenvalue weighted by molar-refractivity contribution is -0.121. The van der Waals surface area contributed by atoms with Gasteiger partial charge in [0.05, 0.1) is 0 Å². The van der Waals surface area contributed by atoms with Crippen molar-refractivity contribution in [1.29, 1.82) is 0 Å². The third kappa shape index (κ3) is 4.41. The van der Waals surface area contributed by atoms with Crippen LogP contribution in [0.15, 0.2) is 0 Å². The Labute approximate surface area is 98.5 Å². The summed E-state index contributed by atoms with van der Waals surface area (Å²) in [7, 11) is -2.37. The first-order valence-corrected chi connectivity index (χ1v) is 6.68. The van der Waals surface area contributed by atoms with Crippen LogP contribution < -0.4 is 10.0 Å². The number of alkyl halides is 3. The Bertz CT molecular complexity index is 344. The number of hydrogen-bond donors (Lipinski definition) is 2. The Morgan fingerprint density at radius 3 is 2.59 bits per heavy atom. The summed E-state index contributed by atoms with van der Waals surface area (Å²) in [4.78, 5) is 0. The molecule has 0 amide bonds. The maximum Gasteiger partial charge on any atom is 0.402 e. The average molecular weight is 275 g/mol. The number of rotatable bonds is 5. The summed E-state index contributed by atoms with van der Waals surface area (Å²) < 4.78 is 61.9. The van der Waals surface area contributed by atoms with Crippen LogP contribution in [0.4, 0.5) is 13.2 Å². The van der Waals surface area contributed by atoms with Crippen LogP contribution in [0.2, 0.25) is 0 Å². The van der Waals surface area contributed by atoms with Gasteiger partial charge in [-0.1, -0.05) is 0 Å². The first-order valence-electron chi connectivity index (χ1n) is 5.24. The van der Waals surface area contributed by atoms with Crippen molar-refractivity contribution >= 4 is 10.2 Å². The first kappa shape index (κ1) is 14.7. The predicted molar refractivity (Wildman–Crippen MR) is 56.6 cm³/mol. The fourth-order valence-electron chi connectivity index (χ4n) is 1.82. The van der Waals surface area contributed by atoms with Gasteiger partial charge in [-0.25, -0.2) is 0 Å². The lowest BCUT2D eigenvalue weighted by Crippen LogP contribution is -2.48. The molecule has 0 bridgehead atoms. The highest BCUT2D eigenvalue weighted by Gasteiger charge is 2.36. The van der Waals surface area contributed by atoms with Crippen LogP contribution in [0.1, 0.15) is 12.8 Å². The Kier molecular flexibility index (Phi) is 4.76. The molecule has 1 atom stereocenters. The van der Waals surface area contributed by atoms with Gasteiger partial charge in [0.1, 0.15) is 6.54 Å². The van der Waals surface area contributed by atoms with Gasteiger partial charge in [-0.05, 0) is 19.9 Å². The molecule has 1 rings (SSSR count). The van der Waals surface area contributed by atoms with Crippen molar-refractivity contribution in [3.05, 3.63) is 0 Å². The monoisotopic (exact) mass is 275 g/mol. The minimum absolute atomic E-state index is 0.263. The smallest absolute Gasteiger partial charge is 0.318 e. The van der Waals surface area contributed by atoms with E-state index in [1.165, 1.54) is 0 Å². The van der Waals surface area contributed by atoms with E-state index in [1.807, 2.05) is 0 Å². The lowest BCUT2D eigenvalue weighted by atomic mass is 10.2. The number of nitrogens with one attached hydrogen (secondary N) is 2. The molecule has 0 aliphatic carbocycles. The van der Waals surface area contributed by atoms with Gasteiger partial charge in [0.15, 0.2) is 0 Å². The van der Waals surface area contributed by atoms with Crippen molar-refractivity contribution in [2.75, 3.05) is 26.7 Å². The van der Waals surface area contributed by atoms with Crippen LogP contribution in [0.25, 0.3) is 0 Å². The molecule has 0 spiro atoms. The molecule has 0 aromatic rings. The van der Waals surface area contributed by atoms with E-state index in [0.717, 1.165) is 4.31 Å². The predicted octanol–water partition coefficient (Wildman–Crippen LogP) is 0.0669. The molecule has 0 saturated carbocycles. The number of halogens is 3. The quantitative estimate of drug-likeness (QED) is 0.746. The minimum Gasteiger partial charge on any atom is -0.318 e. The van der Waals surface area contributed by atoms with Gasteiger partial charge in [0, 0.05) is 19.1 Å². The second-order valence-corrected chi connectivity index (χ2v) is 5.61. The second kappa shape index (κ2) is 5.51. The maximum absolute atomic E-state index is 12.0. The molecule has 9 heteroatoms. The first-order chi connectivity index (χ1) is 7.76. The Hall–Kier alpha value is -0.380. The van der Waals surface area contributed by atoms with Crippen molar-refractivity contribution in [1.82, 2.24) is 14.3 Å². The number of hydrogen-bond acceptors (Lipinski definition) is 3. The van der Waals surface area contributed by atoms with Crippen molar-refractivity contribution < 1.29 is 21.6 Å². The number of likely N-dealkylation sites (N-methyl/N-ethyl adjacent to an activating group) is 1. The van der Waals surface area contributed by atoms with Crippen molar-refractivity contribution in [2.45, 2.75) is 25.1 Å². The topological polar surface area (TPSA) is 61.4 Å². The Morgan fingerprint density at radius 1 is 1.41 bits per heavy atom. The van der Waals surface area contributed by atoms with Crippen LogP contribution in [0, 0.1) is 0 Å². The molecule has 1 aliphatic rings. The molecule has 1 heterocycles. The second-order valence-electron chi connectivity index (χ2n) is 3.91. The fourth-order valence-corrected chi connectivity index (χ4v) is 3.27. The molecular weight excluding hydrogens is 259 g/mol. The van der Waals surface area contributed by atoms with Gasteiger partial charge in [-0.15, -0.1) is 0 Å². The number of nitrogens with zero attached hydrogens (tertiary/aromatic N) is 1. The van der Waals surface area contributed by atoms with Gasteiger partial charge in [-0.3, -0.25) is 0 Å². The van der Waals surface area contributed by atoms with E-state index >= 15 is 0 Å². The molecule has 1 saturated heterocycles. The van der Waals surface area contributed by atoms with Crippen LogP contribution >= 0.6 is 0 Å². The zero-order chi connectivity index (χ0) is 13.1. The van der Waals surface area contributed by atoms with E-state index in [-0.39, 0.29) is 12.6 Å². The van der Waals surface area contributed by atoms with Gasteiger partial charge in [0.2, 0.25) is 0 Å². The molecule has 1 aliphatic heterocycles. The largest absolute Gasteiger partial charge is 0.402 e. The average Bonchev–Trinajstić information content (AvgIpc) is 2.63. The van der Waals surface area contributed by atoms with E-state index in [4.69, 9.17) is 0 Å². The zero-order valence-corrected chi connectivity index (χ0v) is 10.2. The summed E-state index contributed by atoms with van der Waals surface area (Å²) in [5.74, 6) is 0. The molecule has 2 N–H and O–H groups in total. The fraction of sp³-hybridized carbons (Fsp3) is 1.00. The highest BCUT2D eigenvalue weighted by Crippen LogP contribution is 2.20. The van der Waals surface area contributed by atoms with Crippen LogP contribution in [-0.4, -0.2) is 51.6 Å². The van der Waals surface area contributed by atoms with Crippen molar-refractivity contribution in [2.24, 2.45) is 0 Å².